The molecule has 1 heterocycles. The molecule has 0 aliphatic carbocycles. The molecule has 0 aromatic heterocycles. The first-order valence-corrected chi connectivity index (χ1v) is 4.98. The number of hydrogen-bond acceptors (Lipinski definition) is 4. The SMILES string of the molecule is CCNCC(O)CN1CCOCC1=O. The number of likely N-dealkylation sites (N-methyl/N-ethyl adjacent to an activating group) is 1. The normalized spacial score (nSPS) is 19.9. The zero-order chi connectivity index (χ0) is 10.4. The zero-order valence-corrected chi connectivity index (χ0v) is 8.53. The minimum atomic E-state index is -0.489. The van der Waals surface area contributed by atoms with Crippen LogP contribution in [0.1, 0.15) is 6.92 Å². The Balaban J connectivity index is 2.23. The molecule has 0 saturated carbocycles. The molecule has 1 aliphatic heterocycles. The molecular weight excluding hydrogens is 184 g/mol. The second kappa shape index (κ2) is 5.95. The topological polar surface area (TPSA) is 61.8 Å². The third kappa shape index (κ3) is 3.61. The van der Waals surface area contributed by atoms with Gasteiger partial charge in [-0.05, 0) is 6.54 Å². The predicted molar refractivity (Wildman–Crippen MR) is 51.9 cm³/mol. The highest BCUT2D eigenvalue weighted by molar-refractivity contribution is 5.78. The zero-order valence-electron chi connectivity index (χ0n) is 8.53. The van der Waals surface area contributed by atoms with E-state index < -0.39 is 6.10 Å². The summed E-state index contributed by atoms with van der Waals surface area (Å²) in [6.45, 7) is 5.03. The van der Waals surface area contributed by atoms with Gasteiger partial charge in [-0.3, -0.25) is 4.79 Å². The summed E-state index contributed by atoms with van der Waals surface area (Å²) in [7, 11) is 0. The van der Waals surface area contributed by atoms with Gasteiger partial charge in [-0.15, -0.1) is 0 Å². The monoisotopic (exact) mass is 202 g/mol. The van der Waals surface area contributed by atoms with Gasteiger partial charge in [0.25, 0.3) is 0 Å². The molecule has 1 rings (SSSR count). The van der Waals surface area contributed by atoms with Crippen molar-refractivity contribution in [2.75, 3.05) is 39.4 Å². The lowest BCUT2D eigenvalue weighted by molar-refractivity contribution is -0.144. The Morgan fingerprint density at radius 1 is 1.71 bits per heavy atom. The Morgan fingerprint density at radius 2 is 2.50 bits per heavy atom. The van der Waals surface area contributed by atoms with E-state index in [0.717, 1.165) is 6.54 Å². The first kappa shape index (κ1) is 11.4. The highest BCUT2D eigenvalue weighted by atomic mass is 16.5. The Kier molecular flexibility index (Phi) is 4.86. The smallest absolute Gasteiger partial charge is 0.248 e. The Morgan fingerprint density at radius 3 is 3.14 bits per heavy atom. The van der Waals surface area contributed by atoms with Crippen molar-refractivity contribution in [3.8, 4) is 0 Å². The number of β-amino-alcohol motifs (C(OH)–C–C–N with tert-alkyl or cyclic N) is 1. The number of ether oxygens (including phenoxy) is 1. The number of amides is 1. The number of aliphatic hydroxyl groups is 1. The standard InChI is InChI=1S/C9H18N2O3/c1-2-10-5-8(12)6-11-3-4-14-7-9(11)13/h8,10,12H,2-7H2,1H3. The second-order valence-corrected chi connectivity index (χ2v) is 3.35. The van der Waals surface area contributed by atoms with Gasteiger partial charge in [0.1, 0.15) is 6.61 Å². The van der Waals surface area contributed by atoms with Gasteiger partial charge >= 0.3 is 0 Å². The van der Waals surface area contributed by atoms with Crippen molar-refractivity contribution in [2.45, 2.75) is 13.0 Å². The van der Waals surface area contributed by atoms with Gasteiger partial charge in [0.2, 0.25) is 5.91 Å². The number of carbonyl (C=O) groups is 1. The molecular formula is C9H18N2O3. The molecule has 1 amide bonds. The van der Waals surface area contributed by atoms with Crippen LogP contribution in [0.3, 0.4) is 0 Å². The van der Waals surface area contributed by atoms with Crippen molar-refractivity contribution >= 4 is 5.91 Å². The molecule has 1 saturated heterocycles. The van der Waals surface area contributed by atoms with E-state index in [4.69, 9.17) is 4.74 Å². The molecule has 1 aliphatic rings. The van der Waals surface area contributed by atoms with E-state index in [0.29, 0.717) is 26.2 Å². The lowest BCUT2D eigenvalue weighted by atomic mass is 10.3. The quantitative estimate of drug-likeness (QED) is 0.589. The van der Waals surface area contributed by atoms with Gasteiger partial charge in [-0.2, -0.15) is 0 Å². The van der Waals surface area contributed by atoms with Crippen LogP contribution in [-0.2, 0) is 9.53 Å². The average molecular weight is 202 g/mol. The highest BCUT2D eigenvalue weighted by Crippen LogP contribution is 1.99. The first-order chi connectivity index (χ1) is 6.74. The summed E-state index contributed by atoms with van der Waals surface area (Å²) in [6.07, 6.45) is -0.489. The summed E-state index contributed by atoms with van der Waals surface area (Å²) in [6, 6.07) is 0. The maximum atomic E-state index is 11.3. The molecule has 0 bridgehead atoms. The van der Waals surface area contributed by atoms with E-state index in [-0.39, 0.29) is 12.5 Å². The van der Waals surface area contributed by atoms with E-state index >= 15 is 0 Å². The number of aliphatic hydroxyl groups excluding tert-OH is 1. The molecule has 1 unspecified atom stereocenters. The molecule has 0 spiro atoms. The Bertz CT molecular complexity index is 187. The molecule has 5 heteroatoms. The largest absolute Gasteiger partial charge is 0.390 e. The van der Waals surface area contributed by atoms with E-state index in [9.17, 15) is 9.90 Å². The summed E-state index contributed by atoms with van der Waals surface area (Å²) < 4.78 is 4.99. The number of morpholine rings is 1. The number of hydrogen-bond donors (Lipinski definition) is 2. The van der Waals surface area contributed by atoms with Gasteiger partial charge in [-0.1, -0.05) is 6.92 Å². The molecule has 2 N–H and O–H groups in total. The van der Waals surface area contributed by atoms with Crippen LogP contribution in [0.4, 0.5) is 0 Å². The average Bonchev–Trinajstić information content (AvgIpc) is 2.18. The first-order valence-electron chi connectivity index (χ1n) is 4.98. The summed E-state index contributed by atoms with van der Waals surface area (Å²) in [5, 5.41) is 12.6. The van der Waals surface area contributed by atoms with Crippen LogP contribution in [0.25, 0.3) is 0 Å². The molecule has 5 nitrogen and oxygen atoms in total. The van der Waals surface area contributed by atoms with E-state index in [1.165, 1.54) is 0 Å². The molecule has 82 valence electrons. The van der Waals surface area contributed by atoms with Gasteiger partial charge in [-0.25, -0.2) is 0 Å². The fourth-order valence-electron chi connectivity index (χ4n) is 1.37. The Hall–Kier alpha value is -0.650. The van der Waals surface area contributed by atoms with Gasteiger partial charge in [0.15, 0.2) is 0 Å². The number of rotatable bonds is 5. The summed E-state index contributed by atoms with van der Waals surface area (Å²) >= 11 is 0. The lowest BCUT2D eigenvalue weighted by Gasteiger charge is -2.28. The van der Waals surface area contributed by atoms with Crippen molar-refractivity contribution in [3.63, 3.8) is 0 Å². The Labute approximate surface area is 84.0 Å². The highest BCUT2D eigenvalue weighted by Gasteiger charge is 2.20. The van der Waals surface area contributed by atoms with Crippen molar-refractivity contribution in [1.29, 1.82) is 0 Å². The number of nitrogens with one attached hydrogen (secondary N) is 1. The lowest BCUT2D eigenvalue weighted by Crippen LogP contribution is -2.47. The molecule has 1 fully saturated rings. The third-order valence-electron chi connectivity index (χ3n) is 2.14. The molecule has 0 radical (unpaired) electrons. The molecule has 0 aromatic carbocycles. The minimum absolute atomic E-state index is 0.0354. The van der Waals surface area contributed by atoms with Crippen molar-refractivity contribution < 1.29 is 14.6 Å². The van der Waals surface area contributed by atoms with Crippen molar-refractivity contribution in [2.24, 2.45) is 0 Å². The van der Waals surface area contributed by atoms with Crippen LogP contribution < -0.4 is 5.32 Å². The van der Waals surface area contributed by atoms with Crippen LogP contribution in [0.15, 0.2) is 0 Å². The number of carbonyl (C=O) groups excluding carboxylic acids is 1. The fraction of sp³-hybridized carbons (Fsp3) is 0.889. The van der Waals surface area contributed by atoms with E-state index in [2.05, 4.69) is 5.32 Å². The van der Waals surface area contributed by atoms with Gasteiger partial charge in [0, 0.05) is 19.6 Å². The third-order valence-corrected chi connectivity index (χ3v) is 2.14. The van der Waals surface area contributed by atoms with Crippen LogP contribution in [-0.4, -0.2) is 61.4 Å². The van der Waals surface area contributed by atoms with Crippen molar-refractivity contribution in [3.05, 3.63) is 0 Å². The molecule has 0 aromatic rings. The van der Waals surface area contributed by atoms with Crippen LogP contribution in [0.2, 0.25) is 0 Å². The second-order valence-electron chi connectivity index (χ2n) is 3.35. The fourth-order valence-corrected chi connectivity index (χ4v) is 1.37. The summed E-state index contributed by atoms with van der Waals surface area (Å²) in [5.74, 6) is -0.0354. The minimum Gasteiger partial charge on any atom is -0.390 e. The van der Waals surface area contributed by atoms with Crippen LogP contribution in [0.5, 0.6) is 0 Å². The van der Waals surface area contributed by atoms with E-state index in [1.807, 2.05) is 6.92 Å². The maximum absolute atomic E-state index is 11.3. The van der Waals surface area contributed by atoms with Crippen LogP contribution in [0, 0.1) is 0 Å². The van der Waals surface area contributed by atoms with E-state index in [1.54, 1.807) is 4.90 Å². The van der Waals surface area contributed by atoms with Crippen LogP contribution >= 0.6 is 0 Å². The number of nitrogens with zero attached hydrogens (tertiary/aromatic N) is 1. The van der Waals surface area contributed by atoms with Crippen molar-refractivity contribution in [1.82, 2.24) is 10.2 Å². The van der Waals surface area contributed by atoms with Gasteiger partial charge < -0.3 is 20.1 Å². The molecule has 14 heavy (non-hydrogen) atoms. The predicted octanol–water partition coefficient (Wildman–Crippen LogP) is -1.18. The maximum Gasteiger partial charge on any atom is 0.248 e. The molecule has 1 atom stereocenters. The summed E-state index contributed by atoms with van der Waals surface area (Å²) in [4.78, 5) is 12.9. The van der Waals surface area contributed by atoms with Gasteiger partial charge in [0.05, 0.1) is 12.7 Å². The summed E-state index contributed by atoms with van der Waals surface area (Å²) in [5.41, 5.74) is 0.